The van der Waals surface area contributed by atoms with E-state index in [9.17, 15) is 0 Å². The molecule has 2 unspecified atom stereocenters. The van der Waals surface area contributed by atoms with E-state index in [2.05, 4.69) is 64.8 Å². The summed E-state index contributed by atoms with van der Waals surface area (Å²) in [6, 6.07) is 11.1. The summed E-state index contributed by atoms with van der Waals surface area (Å²) in [4.78, 5) is 7.42. The largest absolute Gasteiger partial charge is 0.373 e. The Kier molecular flexibility index (Phi) is 8.74. The van der Waals surface area contributed by atoms with Gasteiger partial charge in [-0.3, -0.25) is 4.90 Å². The molecule has 2 saturated heterocycles. The Bertz CT molecular complexity index is 883. The quantitative estimate of drug-likeness (QED) is 0.337. The van der Waals surface area contributed by atoms with E-state index in [0.717, 1.165) is 54.8 Å². The van der Waals surface area contributed by atoms with Gasteiger partial charge in [0.2, 0.25) is 0 Å². The highest BCUT2D eigenvalue weighted by Gasteiger charge is 2.32. The van der Waals surface area contributed by atoms with Gasteiger partial charge in [0.1, 0.15) is 0 Å². The average molecular weight is 538 g/mol. The number of benzene rings is 1. The average Bonchev–Trinajstić information content (AvgIpc) is 3.35. The van der Waals surface area contributed by atoms with E-state index in [1.165, 1.54) is 19.4 Å². The van der Waals surface area contributed by atoms with Gasteiger partial charge >= 0.3 is 0 Å². The Morgan fingerprint density at radius 3 is 2.87 bits per heavy atom. The van der Waals surface area contributed by atoms with Gasteiger partial charge in [-0.15, -0.1) is 24.0 Å². The highest BCUT2D eigenvalue weighted by Crippen LogP contribution is 2.22. The van der Waals surface area contributed by atoms with Crippen LogP contribution in [0.4, 0.5) is 0 Å². The van der Waals surface area contributed by atoms with E-state index < -0.39 is 0 Å². The molecule has 0 spiro atoms. The fourth-order valence-electron chi connectivity index (χ4n) is 4.45. The van der Waals surface area contributed by atoms with Crippen LogP contribution in [-0.2, 0) is 11.3 Å². The topological polar surface area (TPSA) is 66.7 Å². The zero-order valence-electron chi connectivity index (χ0n) is 18.8. The first-order valence-electron chi connectivity index (χ1n) is 11.1. The third-order valence-corrected chi connectivity index (χ3v) is 5.94. The van der Waals surface area contributed by atoms with E-state index in [1.807, 2.05) is 11.6 Å². The first-order valence-corrected chi connectivity index (χ1v) is 11.1. The standard InChI is InChI=1S/C23H34N6O.HI/c1-4-24-23(26-14-21-15-28-11-7-9-20(28)16-30-21)25-13-19-8-5-6-10-22(19)29-18(3)12-17(2)27-29;/h5-6,8,10,12,20-21H,4,7,9,11,13-16H2,1-3H3,(H2,24,25,26);1H. The minimum absolute atomic E-state index is 0. The molecule has 0 aliphatic carbocycles. The molecule has 8 heteroatoms. The molecule has 2 aliphatic heterocycles. The van der Waals surface area contributed by atoms with Gasteiger partial charge < -0.3 is 15.4 Å². The number of morpholine rings is 1. The molecule has 2 aromatic rings. The second kappa shape index (κ2) is 11.3. The molecule has 2 aliphatic rings. The first kappa shape index (κ1) is 24.0. The predicted molar refractivity (Wildman–Crippen MR) is 136 cm³/mol. The van der Waals surface area contributed by atoms with Crippen LogP contribution in [0.15, 0.2) is 35.3 Å². The summed E-state index contributed by atoms with van der Waals surface area (Å²) >= 11 is 0. The van der Waals surface area contributed by atoms with E-state index in [4.69, 9.17) is 9.73 Å². The number of aromatic nitrogens is 2. The fourth-order valence-corrected chi connectivity index (χ4v) is 4.45. The molecule has 2 fully saturated rings. The lowest BCUT2D eigenvalue weighted by Gasteiger charge is -2.35. The van der Waals surface area contributed by atoms with Crippen LogP contribution in [0, 0.1) is 13.8 Å². The van der Waals surface area contributed by atoms with Gasteiger partial charge in [0.05, 0.1) is 30.6 Å². The lowest BCUT2D eigenvalue weighted by atomic mass is 10.2. The van der Waals surface area contributed by atoms with E-state index in [-0.39, 0.29) is 30.1 Å². The number of para-hydroxylation sites is 1. The number of hydrogen-bond acceptors (Lipinski definition) is 4. The summed E-state index contributed by atoms with van der Waals surface area (Å²) in [6.07, 6.45) is 2.79. The summed E-state index contributed by atoms with van der Waals surface area (Å²) in [5.41, 5.74) is 4.38. The molecule has 31 heavy (non-hydrogen) atoms. The van der Waals surface area contributed by atoms with Crippen LogP contribution in [0.2, 0.25) is 0 Å². The third kappa shape index (κ3) is 5.98. The van der Waals surface area contributed by atoms with Gasteiger partial charge in [-0.1, -0.05) is 18.2 Å². The molecular formula is C23H35IN6O. The Hall–Kier alpha value is -1.65. The fraction of sp³-hybridized carbons (Fsp3) is 0.565. The third-order valence-electron chi connectivity index (χ3n) is 5.94. The van der Waals surface area contributed by atoms with Gasteiger partial charge in [-0.05, 0) is 57.9 Å². The lowest BCUT2D eigenvalue weighted by molar-refractivity contribution is -0.0453. The number of aryl methyl sites for hydroxylation is 2. The van der Waals surface area contributed by atoms with Crippen molar-refractivity contribution >= 4 is 29.9 Å². The number of nitrogens with zero attached hydrogens (tertiary/aromatic N) is 4. The zero-order valence-corrected chi connectivity index (χ0v) is 21.1. The Labute approximate surface area is 202 Å². The SMILES string of the molecule is CCNC(=NCc1ccccc1-n1nc(C)cc1C)NCC1CN2CCCC2CO1.I. The number of nitrogens with one attached hydrogen (secondary N) is 2. The molecule has 1 aromatic carbocycles. The number of halogens is 1. The molecule has 0 radical (unpaired) electrons. The number of rotatable bonds is 6. The number of hydrogen-bond donors (Lipinski definition) is 2. The van der Waals surface area contributed by atoms with Crippen molar-refractivity contribution in [1.29, 1.82) is 0 Å². The summed E-state index contributed by atoms with van der Waals surface area (Å²) < 4.78 is 8.08. The maximum absolute atomic E-state index is 6.08. The van der Waals surface area contributed by atoms with Crippen LogP contribution in [0.25, 0.3) is 5.69 Å². The minimum atomic E-state index is 0. The molecule has 3 heterocycles. The van der Waals surface area contributed by atoms with Crippen LogP contribution < -0.4 is 10.6 Å². The molecule has 0 saturated carbocycles. The normalized spacial score (nSPS) is 21.5. The van der Waals surface area contributed by atoms with Crippen molar-refractivity contribution in [3.8, 4) is 5.69 Å². The van der Waals surface area contributed by atoms with Crippen molar-refractivity contribution < 1.29 is 4.74 Å². The lowest BCUT2D eigenvalue weighted by Crippen LogP contribution is -2.51. The van der Waals surface area contributed by atoms with Crippen LogP contribution in [-0.4, -0.2) is 65.6 Å². The number of aliphatic imine (C=N–C) groups is 1. The van der Waals surface area contributed by atoms with Crippen molar-refractivity contribution in [2.45, 2.75) is 52.3 Å². The Morgan fingerprint density at radius 1 is 1.26 bits per heavy atom. The Morgan fingerprint density at radius 2 is 2.10 bits per heavy atom. The molecule has 1 aromatic heterocycles. The van der Waals surface area contributed by atoms with E-state index in [1.54, 1.807) is 0 Å². The van der Waals surface area contributed by atoms with Gasteiger partial charge in [0.25, 0.3) is 0 Å². The van der Waals surface area contributed by atoms with Gasteiger partial charge in [0.15, 0.2) is 5.96 Å². The summed E-state index contributed by atoms with van der Waals surface area (Å²) in [7, 11) is 0. The molecule has 7 nitrogen and oxygen atoms in total. The molecule has 2 N–H and O–H groups in total. The van der Waals surface area contributed by atoms with Gasteiger partial charge in [0, 0.05) is 31.4 Å². The van der Waals surface area contributed by atoms with Crippen LogP contribution >= 0.6 is 24.0 Å². The molecule has 2 atom stereocenters. The number of guanidine groups is 1. The van der Waals surface area contributed by atoms with Crippen LogP contribution in [0.3, 0.4) is 0 Å². The van der Waals surface area contributed by atoms with Crippen molar-refractivity contribution in [2.24, 2.45) is 4.99 Å². The van der Waals surface area contributed by atoms with Crippen molar-refractivity contribution in [3.05, 3.63) is 47.3 Å². The summed E-state index contributed by atoms with van der Waals surface area (Å²) in [5, 5.41) is 11.5. The highest BCUT2D eigenvalue weighted by atomic mass is 127. The predicted octanol–water partition coefficient (Wildman–Crippen LogP) is 3.03. The highest BCUT2D eigenvalue weighted by molar-refractivity contribution is 14.0. The maximum Gasteiger partial charge on any atom is 0.191 e. The maximum atomic E-state index is 6.08. The second-order valence-electron chi connectivity index (χ2n) is 8.29. The molecule has 170 valence electrons. The van der Waals surface area contributed by atoms with E-state index >= 15 is 0 Å². The Balaban J connectivity index is 0.00000272. The van der Waals surface area contributed by atoms with Crippen molar-refractivity contribution in [1.82, 2.24) is 25.3 Å². The number of fused-ring (bicyclic) bond motifs is 1. The molecular weight excluding hydrogens is 503 g/mol. The van der Waals surface area contributed by atoms with Crippen LogP contribution in [0.5, 0.6) is 0 Å². The van der Waals surface area contributed by atoms with Gasteiger partial charge in [-0.2, -0.15) is 5.10 Å². The van der Waals surface area contributed by atoms with Crippen molar-refractivity contribution in [3.63, 3.8) is 0 Å². The second-order valence-corrected chi connectivity index (χ2v) is 8.29. The monoisotopic (exact) mass is 538 g/mol. The molecule has 0 amide bonds. The number of ether oxygens (including phenoxy) is 1. The van der Waals surface area contributed by atoms with Gasteiger partial charge in [-0.25, -0.2) is 9.67 Å². The molecule has 4 rings (SSSR count). The minimum Gasteiger partial charge on any atom is -0.373 e. The first-order chi connectivity index (χ1) is 14.6. The summed E-state index contributed by atoms with van der Waals surface area (Å²) in [5.74, 6) is 0.827. The van der Waals surface area contributed by atoms with E-state index in [0.29, 0.717) is 12.6 Å². The smallest absolute Gasteiger partial charge is 0.191 e. The summed E-state index contributed by atoms with van der Waals surface area (Å²) in [6.45, 7) is 11.5. The van der Waals surface area contributed by atoms with Crippen LogP contribution in [0.1, 0.15) is 36.7 Å². The molecule has 0 bridgehead atoms. The zero-order chi connectivity index (χ0) is 20.9. The van der Waals surface area contributed by atoms with Crippen molar-refractivity contribution in [2.75, 3.05) is 32.8 Å².